The van der Waals surface area contributed by atoms with Gasteiger partial charge in [-0.3, -0.25) is 4.79 Å². The quantitative estimate of drug-likeness (QED) is 0.774. The van der Waals surface area contributed by atoms with Gasteiger partial charge in [0.2, 0.25) is 11.0 Å². The third kappa shape index (κ3) is 2.80. The van der Waals surface area contributed by atoms with Crippen LogP contribution < -0.4 is 4.90 Å². The van der Waals surface area contributed by atoms with Crippen LogP contribution in [0.25, 0.3) is 0 Å². The molecule has 0 unspecified atom stereocenters. The minimum absolute atomic E-state index is 0.0527. The number of hydrogen-bond acceptors (Lipinski definition) is 5. The van der Waals surface area contributed by atoms with Crippen molar-refractivity contribution in [2.75, 3.05) is 31.1 Å². The smallest absolute Gasteiger partial charge is 0.219 e. The highest BCUT2D eigenvalue weighted by molar-refractivity contribution is 7.15. The Balaban J connectivity index is 2.02. The van der Waals surface area contributed by atoms with E-state index in [1.54, 1.807) is 18.3 Å². The van der Waals surface area contributed by atoms with Crippen molar-refractivity contribution in [3.8, 4) is 0 Å². The van der Waals surface area contributed by atoms with Crippen LogP contribution in [-0.4, -0.2) is 47.2 Å². The summed E-state index contributed by atoms with van der Waals surface area (Å²) in [6.07, 6.45) is 0. The van der Waals surface area contributed by atoms with Crippen molar-refractivity contribution in [3.63, 3.8) is 0 Å². The maximum absolute atomic E-state index is 11.3. The fourth-order valence-electron chi connectivity index (χ4n) is 1.86. The lowest BCUT2D eigenvalue weighted by Crippen LogP contribution is -2.48. The van der Waals surface area contributed by atoms with Crippen LogP contribution in [0.4, 0.5) is 5.13 Å². The van der Waals surface area contributed by atoms with E-state index in [4.69, 9.17) is 0 Å². The molecular weight excluding hydrogens is 248 g/mol. The first-order chi connectivity index (χ1) is 8.38. The first-order valence-electron chi connectivity index (χ1n) is 6.22. The molecule has 1 aromatic heterocycles. The minimum Gasteiger partial charge on any atom is -0.343 e. The maximum atomic E-state index is 11.3. The third-order valence-electron chi connectivity index (χ3n) is 3.05. The summed E-state index contributed by atoms with van der Waals surface area (Å²) in [4.78, 5) is 15.4. The summed E-state index contributed by atoms with van der Waals surface area (Å²) in [5, 5.41) is 10.6. The van der Waals surface area contributed by atoms with Gasteiger partial charge in [0, 0.05) is 38.5 Å². The van der Waals surface area contributed by atoms with Crippen LogP contribution in [0.15, 0.2) is 0 Å². The molecule has 1 aromatic rings. The van der Waals surface area contributed by atoms with Crippen LogP contribution in [0.2, 0.25) is 0 Å². The molecule has 0 atom stereocenters. The molecule has 2 rings (SSSR count). The van der Waals surface area contributed by atoms with E-state index in [0.29, 0.717) is 0 Å². The molecule has 1 aliphatic rings. The molecular formula is C12H20N4OS. The monoisotopic (exact) mass is 268 g/mol. The topological polar surface area (TPSA) is 49.3 Å². The lowest BCUT2D eigenvalue weighted by Gasteiger charge is -2.33. The van der Waals surface area contributed by atoms with E-state index in [1.807, 2.05) is 4.90 Å². The predicted octanol–water partition coefficient (Wildman–Crippen LogP) is 1.50. The number of rotatable bonds is 1. The number of amides is 1. The zero-order chi connectivity index (χ0) is 13.3. The fourth-order valence-corrected chi connectivity index (χ4v) is 2.81. The number of piperazine rings is 1. The van der Waals surface area contributed by atoms with Crippen molar-refractivity contribution in [2.24, 2.45) is 0 Å². The van der Waals surface area contributed by atoms with E-state index < -0.39 is 0 Å². The Morgan fingerprint density at radius 1 is 1.17 bits per heavy atom. The van der Waals surface area contributed by atoms with Gasteiger partial charge in [-0.25, -0.2) is 0 Å². The van der Waals surface area contributed by atoms with Gasteiger partial charge in [-0.2, -0.15) is 0 Å². The van der Waals surface area contributed by atoms with Gasteiger partial charge in [-0.1, -0.05) is 32.1 Å². The van der Waals surface area contributed by atoms with E-state index in [-0.39, 0.29) is 11.3 Å². The van der Waals surface area contributed by atoms with E-state index in [9.17, 15) is 4.79 Å². The Kier molecular flexibility index (Phi) is 3.56. The number of nitrogens with zero attached hydrogens (tertiary/aromatic N) is 4. The molecule has 0 saturated carbocycles. The van der Waals surface area contributed by atoms with Gasteiger partial charge in [-0.15, -0.1) is 10.2 Å². The molecule has 1 fully saturated rings. The predicted molar refractivity (Wildman–Crippen MR) is 73.1 cm³/mol. The second-order valence-electron chi connectivity index (χ2n) is 5.63. The van der Waals surface area contributed by atoms with Crippen molar-refractivity contribution in [2.45, 2.75) is 33.1 Å². The zero-order valence-corrected chi connectivity index (χ0v) is 12.3. The first kappa shape index (κ1) is 13.3. The lowest BCUT2D eigenvalue weighted by molar-refractivity contribution is -0.129. The first-order valence-corrected chi connectivity index (χ1v) is 7.04. The molecule has 0 aromatic carbocycles. The Morgan fingerprint density at radius 3 is 2.22 bits per heavy atom. The molecule has 5 nitrogen and oxygen atoms in total. The summed E-state index contributed by atoms with van der Waals surface area (Å²) in [5.41, 5.74) is 0.0527. The van der Waals surface area contributed by atoms with Crippen LogP contribution in [0.1, 0.15) is 32.7 Å². The van der Waals surface area contributed by atoms with E-state index in [0.717, 1.165) is 36.3 Å². The number of carbonyl (C=O) groups is 1. The standard InChI is InChI=1S/C12H20N4OS/c1-9(17)15-5-7-16(8-6-15)11-14-13-10(18-11)12(2,3)4/h5-8H2,1-4H3. The normalized spacial score (nSPS) is 17.1. The van der Waals surface area contributed by atoms with Crippen LogP contribution >= 0.6 is 11.3 Å². The molecule has 0 aliphatic carbocycles. The van der Waals surface area contributed by atoms with Crippen molar-refractivity contribution in [1.29, 1.82) is 0 Å². The van der Waals surface area contributed by atoms with Crippen molar-refractivity contribution < 1.29 is 4.79 Å². The van der Waals surface area contributed by atoms with Gasteiger partial charge in [0.15, 0.2) is 0 Å². The molecule has 1 aliphatic heterocycles. The van der Waals surface area contributed by atoms with Gasteiger partial charge in [0.1, 0.15) is 5.01 Å². The average molecular weight is 268 g/mol. The summed E-state index contributed by atoms with van der Waals surface area (Å²) >= 11 is 1.66. The fraction of sp³-hybridized carbons (Fsp3) is 0.750. The molecule has 1 amide bonds. The average Bonchev–Trinajstić information content (AvgIpc) is 2.78. The Morgan fingerprint density at radius 2 is 1.78 bits per heavy atom. The van der Waals surface area contributed by atoms with Crippen molar-refractivity contribution in [3.05, 3.63) is 5.01 Å². The minimum atomic E-state index is 0.0527. The Bertz CT molecular complexity index is 430. The summed E-state index contributed by atoms with van der Waals surface area (Å²) in [7, 11) is 0. The summed E-state index contributed by atoms with van der Waals surface area (Å²) in [5.74, 6) is 0.155. The van der Waals surface area contributed by atoms with Crippen LogP contribution in [0.3, 0.4) is 0 Å². The van der Waals surface area contributed by atoms with Crippen LogP contribution in [-0.2, 0) is 10.2 Å². The maximum Gasteiger partial charge on any atom is 0.219 e. The Hall–Kier alpha value is -1.17. The van der Waals surface area contributed by atoms with Gasteiger partial charge < -0.3 is 9.80 Å². The van der Waals surface area contributed by atoms with Crippen LogP contribution in [0, 0.1) is 0 Å². The largest absolute Gasteiger partial charge is 0.343 e. The third-order valence-corrected chi connectivity index (χ3v) is 4.46. The number of hydrogen-bond donors (Lipinski definition) is 0. The van der Waals surface area contributed by atoms with Crippen molar-refractivity contribution >= 4 is 22.4 Å². The van der Waals surface area contributed by atoms with Gasteiger partial charge in [0.05, 0.1) is 0 Å². The van der Waals surface area contributed by atoms with Gasteiger partial charge >= 0.3 is 0 Å². The number of carbonyl (C=O) groups excluding carboxylic acids is 1. The summed E-state index contributed by atoms with van der Waals surface area (Å²) in [6.45, 7) is 11.3. The molecule has 0 spiro atoms. The van der Waals surface area contributed by atoms with Gasteiger partial charge in [-0.05, 0) is 0 Å². The molecule has 2 heterocycles. The highest BCUT2D eigenvalue weighted by Crippen LogP contribution is 2.30. The molecule has 1 saturated heterocycles. The number of anilines is 1. The second kappa shape index (κ2) is 4.84. The summed E-state index contributed by atoms with van der Waals surface area (Å²) < 4.78 is 0. The molecule has 100 valence electrons. The molecule has 0 radical (unpaired) electrons. The van der Waals surface area contributed by atoms with E-state index in [2.05, 4.69) is 35.9 Å². The molecule has 0 N–H and O–H groups in total. The zero-order valence-electron chi connectivity index (χ0n) is 11.4. The van der Waals surface area contributed by atoms with Gasteiger partial charge in [0.25, 0.3) is 0 Å². The highest BCUT2D eigenvalue weighted by Gasteiger charge is 2.24. The Labute approximate surface area is 112 Å². The van der Waals surface area contributed by atoms with E-state index >= 15 is 0 Å². The molecule has 0 bridgehead atoms. The SMILES string of the molecule is CC(=O)N1CCN(c2nnc(C(C)(C)C)s2)CC1. The van der Waals surface area contributed by atoms with Crippen molar-refractivity contribution in [1.82, 2.24) is 15.1 Å². The second-order valence-corrected chi connectivity index (χ2v) is 6.59. The van der Waals surface area contributed by atoms with E-state index in [1.165, 1.54) is 0 Å². The highest BCUT2D eigenvalue weighted by atomic mass is 32.1. The molecule has 6 heteroatoms. The molecule has 18 heavy (non-hydrogen) atoms. The summed E-state index contributed by atoms with van der Waals surface area (Å²) in [6, 6.07) is 0. The number of aromatic nitrogens is 2. The lowest BCUT2D eigenvalue weighted by atomic mass is 9.98. The van der Waals surface area contributed by atoms with Crippen LogP contribution in [0.5, 0.6) is 0 Å².